The van der Waals surface area contributed by atoms with Gasteiger partial charge < -0.3 is 15.5 Å². The number of rotatable bonds is 6. The fourth-order valence-corrected chi connectivity index (χ4v) is 3.78. The van der Waals surface area contributed by atoms with Crippen LogP contribution in [0.2, 0.25) is 0 Å². The molecule has 2 rings (SSSR count). The minimum Gasteiger partial charge on any atom is -0.356 e. The van der Waals surface area contributed by atoms with Gasteiger partial charge in [0.2, 0.25) is 5.91 Å². The maximum absolute atomic E-state index is 13.5. The Morgan fingerprint density at radius 3 is 2.48 bits per heavy atom. The highest BCUT2D eigenvalue weighted by Crippen LogP contribution is 2.38. The van der Waals surface area contributed by atoms with E-state index < -0.39 is 0 Å². The Morgan fingerprint density at radius 2 is 1.93 bits per heavy atom. The van der Waals surface area contributed by atoms with E-state index in [4.69, 9.17) is 0 Å². The van der Waals surface area contributed by atoms with Crippen LogP contribution in [0.25, 0.3) is 0 Å². The van der Waals surface area contributed by atoms with Crippen molar-refractivity contribution in [1.29, 1.82) is 0 Å². The topological polar surface area (TPSA) is 56.7 Å². The van der Waals surface area contributed by atoms with Gasteiger partial charge in [0.25, 0.3) is 0 Å². The molecule has 1 saturated carbocycles. The Bertz CT molecular complexity index is 679. The molecule has 150 valence electrons. The molecular weight excluding hydrogens is 343 g/mol. The van der Waals surface area contributed by atoms with Gasteiger partial charge in [-0.3, -0.25) is 9.79 Å². The molecule has 1 amide bonds. The van der Waals surface area contributed by atoms with Gasteiger partial charge in [-0.05, 0) is 30.5 Å². The second kappa shape index (κ2) is 8.72. The number of benzene rings is 1. The molecule has 0 heterocycles. The number of amides is 1. The first kappa shape index (κ1) is 21.2. The van der Waals surface area contributed by atoms with Crippen molar-refractivity contribution < 1.29 is 9.18 Å². The summed E-state index contributed by atoms with van der Waals surface area (Å²) >= 11 is 0. The van der Waals surface area contributed by atoms with E-state index in [9.17, 15) is 9.18 Å². The minimum atomic E-state index is -0.348. The van der Waals surface area contributed by atoms with Crippen LogP contribution in [-0.4, -0.2) is 51.0 Å². The van der Waals surface area contributed by atoms with Crippen LogP contribution in [0.4, 0.5) is 4.39 Å². The van der Waals surface area contributed by atoms with Gasteiger partial charge in [0, 0.05) is 39.6 Å². The lowest BCUT2D eigenvalue weighted by Crippen LogP contribution is -2.50. The van der Waals surface area contributed by atoms with Crippen molar-refractivity contribution in [2.45, 2.75) is 44.9 Å². The third-order valence-electron chi connectivity index (χ3n) is 5.54. The van der Waals surface area contributed by atoms with Crippen molar-refractivity contribution in [3.63, 3.8) is 0 Å². The predicted octanol–water partition coefficient (Wildman–Crippen LogP) is 2.92. The fraction of sp³-hybridized carbons (Fsp3) is 0.619. The lowest BCUT2D eigenvalue weighted by atomic mass is 9.84. The highest BCUT2D eigenvalue weighted by Gasteiger charge is 2.42. The van der Waals surface area contributed by atoms with E-state index in [2.05, 4.69) is 29.5 Å². The molecule has 0 atom stereocenters. The molecule has 0 radical (unpaired) electrons. The van der Waals surface area contributed by atoms with Gasteiger partial charge in [-0.1, -0.05) is 38.8 Å². The summed E-state index contributed by atoms with van der Waals surface area (Å²) in [6.45, 7) is 5.31. The van der Waals surface area contributed by atoms with Crippen LogP contribution in [0, 0.1) is 11.2 Å². The molecule has 1 aliphatic carbocycles. The molecule has 1 aromatic rings. The summed E-state index contributed by atoms with van der Waals surface area (Å²) in [5, 5.41) is 6.67. The first-order valence-electron chi connectivity index (χ1n) is 9.62. The third kappa shape index (κ3) is 5.21. The van der Waals surface area contributed by atoms with Crippen LogP contribution in [0.15, 0.2) is 29.3 Å². The van der Waals surface area contributed by atoms with Crippen LogP contribution >= 0.6 is 0 Å². The largest absolute Gasteiger partial charge is 0.356 e. The molecule has 0 aliphatic heterocycles. The van der Waals surface area contributed by atoms with Crippen molar-refractivity contribution in [1.82, 2.24) is 15.5 Å². The number of nitrogens with zero attached hydrogens (tertiary/aromatic N) is 2. The van der Waals surface area contributed by atoms with E-state index in [1.54, 1.807) is 24.1 Å². The standard InChI is InChI=1S/C21H33FN4O/c1-20(2,16-9-8-10-17(22)13-16)14-24-19(23-3)25-15-21(11-6-7-12-21)18(27)26(4)5/h8-10,13H,6-7,11-12,14-15H2,1-5H3,(H2,23,24,25). The van der Waals surface area contributed by atoms with E-state index in [0.717, 1.165) is 31.2 Å². The Hall–Kier alpha value is -2.11. The smallest absolute Gasteiger partial charge is 0.230 e. The third-order valence-corrected chi connectivity index (χ3v) is 5.54. The molecule has 0 spiro atoms. The zero-order valence-corrected chi connectivity index (χ0v) is 17.2. The van der Waals surface area contributed by atoms with E-state index in [-0.39, 0.29) is 22.6 Å². The molecule has 27 heavy (non-hydrogen) atoms. The Kier molecular flexibility index (Phi) is 6.84. The Labute approximate surface area is 162 Å². The number of aliphatic imine (C=N–C) groups is 1. The first-order valence-corrected chi connectivity index (χ1v) is 9.62. The van der Waals surface area contributed by atoms with Crippen LogP contribution in [0.3, 0.4) is 0 Å². The molecule has 0 unspecified atom stereocenters. The zero-order chi connectivity index (χ0) is 20.1. The molecule has 1 fully saturated rings. The van der Waals surface area contributed by atoms with Crippen molar-refractivity contribution in [2.75, 3.05) is 34.2 Å². The Morgan fingerprint density at radius 1 is 1.26 bits per heavy atom. The molecule has 6 heteroatoms. The average molecular weight is 377 g/mol. The fourth-order valence-electron chi connectivity index (χ4n) is 3.78. The van der Waals surface area contributed by atoms with Gasteiger partial charge in [0.15, 0.2) is 5.96 Å². The highest BCUT2D eigenvalue weighted by atomic mass is 19.1. The number of hydrogen-bond donors (Lipinski definition) is 2. The summed E-state index contributed by atoms with van der Waals surface area (Å²) in [4.78, 5) is 18.7. The normalized spacial score (nSPS) is 16.9. The molecule has 0 aromatic heterocycles. The predicted molar refractivity (Wildman–Crippen MR) is 108 cm³/mol. The summed E-state index contributed by atoms with van der Waals surface area (Å²) in [5.74, 6) is 0.619. The monoisotopic (exact) mass is 376 g/mol. The lowest BCUT2D eigenvalue weighted by Gasteiger charge is -2.32. The Balaban J connectivity index is 1.98. The van der Waals surface area contributed by atoms with Gasteiger partial charge >= 0.3 is 0 Å². The van der Waals surface area contributed by atoms with Crippen molar-refractivity contribution >= 4 is 11.9 Å². The van der Waals surface area contributed by atoms with Gasteiger partial charge in [0.1, 0.15) is 5.82 Å². The van der Waals surface area contributed by atoms with Gasteiger partial charge in [-0.2, -0.15) is 0 Å². The van der Waals surface area contributed by atoms with Crippen LogP contribution in [0.5, 0.6) is 0 Å². The molecule has 1 aliphatic rings. The maximum Gasteiger partial charge on any atom is 0.230 e. The number of halogens is 1. The van der Waals surface area contributed by atoms with Crippen LogP contribution < -0.4 is 10.6 Å². The van der Waals surface area contributed by atoms with Crippen molar-refractivity contribution in [2.24, 2.45) is 10.4 Å². The summed E-state index contributed by atoms with van der Waals surface area (Å²) in [5.41, 5.74) is 0.323. The molecule has 0 bridgehead atoms. The van der Waals surface area contributed by atoms with Gasteiger partial charge in [0.05, 0.1) is 5.41 Å². The van der Waals surface area contributed by atoms with Crippen LogP contribution in [0.1, 0.15) is 45.1 Å². The van der Waals surface area contributed by atoms with Gasteiger partial charge in [-0.25, -0.2) is 4.39 Å². The second-order valence-corrected chi connectivity index (χ2v) is 8.36. The average Bonchev–Trinajstić information content (AvgIpc) is 3.11. The molecule has 2 N–H and O–H groups in total. The number of hydrogen-bond acceptors (Lipinski definition) is 2. The molecular formula is C21H33FN4O. The zero-order valence-electron chi connectivity index (χ0n) is 17.2. The van der Waals surface area contributed by atoms with Crippen molar-refractivity contribution in [3.8, 4) is 0 Å². The van der Waals surface area contributed by atoms with E-state index >= 15 is 0 Å². The quantitative estimate of drug-likeness (QED) is 0.593. The van der Waals surface area contributed by atoms with E-state index in [0.29, 0.717) is 19.0 Å². The highest BCUT2D eigenvalue weighted by molar-refractivity contribution is 5.85. The summed E-state index contributed by atoms with van der Waals surface area (Å²) < 4.78 is 13.5. The number of nitrogens with one attached hydrogen (secondary N) is 2. The second-order valence-electron chi connectivity index (χ2n) is 8.36. The van der Waals surface area contributed by atoms with Crippen molar-refractivity contribution in [3.05, 3.63) is 35.6 Å². The maximum atomic E-state index is 13.5. The van der Waals surface area contributed by atoms with Gasteiger partial charge in [-0.15, -0.1) is 0 Å². The van der Waals surface area contributed by atoms with E-state index in [1.807, 2.05) is 20.2 Å². The number of carbonyl (C=O) groups is 1. The van der Waals surface area contributed by atoms with E-state index in [1.165, 1.54) is 6.07 Å². The minimum absolute atomic E-state index is 0.183. The summed E-state index contributed by atoms with van der Waals surface area (Å²) in [7, 11) is 5.35. The van der Waals surface area contributed by atoms with Crippen LogP contribution in [-0.2, 0) is 10.2 Å². The molecule has 0 saturated heterocycles. The molecule has 5 nitrogen and oxygen atoms in total. The summed E-state index contributed by atoms with van der Waals surface area (Å²) in [6, 6.07) is 6.69. The number of carbonyl (C=O) groups excluding carboxylic acids is 1. The summed E-state index contributed by atoms with van der Waals surface area (Å²) in [6.07, 6.45) is 3.98. The number of guanidine groups is 1. The SMILES string of the molecule is CN=C(NCC1(C(=O)N(C)C)CCCC1)NCC(C)(C)c1cccc(F)c1. The first-order chi connectivity index (χ1) is 12.7. The lowest BCUT2D eigenvalue weighted by molar-refractivity contribution is -0.138. The molecule has 1 aromatic carbocycles.